The van der Waals surface area contributed by atoms with Gasteiger partial charge in [-0.2, -0.15) is 0 Å². The molecule has 0 bridgehead atoms. The summed E-state index contributed by atoms with van der Waals surface area (Å²) in [6.07, 6.45) is 0. The molecule has 2 N–H and O–H groups in total. The van der Waals surface area contributed by atoms with Crippen LogP contribution in [0.1, 0.15) is 11.5 Å². The van der Waals surface area contributed by atoms with Crippen molar-refractivity contribution in [1.29, 1.82) is 0 Å². The molecule has 0 spiro atoms. The molecule has 90 valence electrons. The van der Waals surface area contributed by atoms with Crippen LogP contribution in [-0.2, 0) is 6.54 Å². The van der Waals surface area contributed by atoms with E-state index in [1.807, 2.05) is 0 Å². The van der Waals surface area contributed by atoms with Crippen molar-refractivity contribution in [3.8, 4) is 0 Å². The standard InChI is InChI=1S/C11H13FN4O/c1-7-4-3-5-8(12)10(7)14-11-16-15-9(17-11)6-13-2/h3-5,13H,6H2,1-2H3,(H,14,16). The number of hydrogen-bond donors (Lipinski definition) is 2. The molecule has 1 aromatic heterocycles. The summed E-state index contributed by atoms with van der Waals surface area (Å²) >= 11 is 0. The van der Waals surface area contributed by atoms with Crippen LogP contribution in [0.5, 0.6) is 0 Å². The van der Waals surface area contributed by atoms with Crippen LogP contribution in [0.15, 0.2) is 22.6 Å². The normalized spacial score (nSPS) is 10.5. The number of rotatable bonds is 4. The molecule has 0 radical (unpaired) electrons. The molecule has 17 heavy (non-hydrogen) atoms. The Bertz CT molecular complexity index is 492. The lowest BCUT2D eigenvalue weighted by Crippen LogP contribution is -2.04. The van der Waals surface area contributed by atoms with Crippen molar-refractivity contribution in [2.45, 2.75) is 13.5 Å². The van der Waals surface area contributed by atoms with Crippen molar-refractivity contribution < 1.29 is 8.81 Å². The molecule has 0 amide bonds. The maximum Gasteiger partial charge on any atom is 0.320 e. The van der Waals surface area contributed by atoms with Crippen LogP contribution in [0.25, 0.3) is 0 Å². The Morgan fingerprint density at radius 2 is 2.18 bits per heavy atom. The van der Waals surface area contributed by atoms with Gasteiger partial charge in [0, 0.05) is 0 Å². The first-order valence-corrected chi connectivity index (χ1v) is 5.20. The van der Waals surface area contributed by atoms with Crippen molar-refractivity contribution >= 4 is 11.7 Å². The first-order valence-electron chi connectivity index (χ1n) is 5.20. The smallest absolute Gasteiger partial charge is 0.320 e. The van der Waals surface area contributed by atoms with Gasteiger partial charge in [-0.15, -0.1) is 5.10 Å². The summed E-state index contributed by atoms with van der Waals surface area (Å²) in [6.45, 7) is 2.28. The Labute approximate surface area is 98.1 Å². The summed E-state index contributed by atoms with van der Waals surface area (Å²) < 4.78 is 18.8. The van der Waals surface area contributed by atoms with E-state index in [1.165, 1.54) is 6.07 Å². The van der Waals surface area contributed by atoms with E-state index in [1.54, 1.807) is 26.1 Å². The van der Waals surface area contributed by atoms with Gasteiger partial charge in [-0.05, 0) is 25.6 Å². The van der Waals surface area contributed by atoms with E-state index < -0.39 is 0 Å². The zero-order valence-corrected chi connectivity index (χ0v) is 9.62. The zero-order chi connectivity index (χ0) is 12.3. The van der Waals surface area contributed by atoms with Gasteiger partial charge in [-0.1, -0.05) is 17.2 Å². The zero-order valence-electron chi connectivity index (χ0n) is 9.62. The van der Waals surface area contributed by atoms with Gasteiger partial charge in [0.05, 0.1) is 12.2 Å². The molecule has 0 aliphatic heterocycles. The Kier molecular flexibility index (Phi) is 3.34. The van der Waals surface area contributed by atoms with Crippen LogP contribution in [0.2, 0.25) is 0 Å². The van der Waals surface area contributed by atoms with E-state index in [2.05, 4.69) is 20.8 Å². The lowest BCUT2D eigenvalue weighted by atomic mass is 10.2. The van der Waals surface area contributed by atoms with E-state index in [4.69, 9.17) is 4.42 Å². The second-order valence-electron chi connectivity index (χ2n) is 3.59. The largest absolute Gasteiger partial charge is 0.406 e. The predicted octanol–water partition coefficient (Wildman–Crippen LogP) is 1.98. The highest BCUT2D eigenvalue weighted by atomic mass is 19.1. The monoisotopic (exact) mass is 236 g/mol. The fourth-order valence-electron chi connectivity index (χ4n) is 1.42. The third-order valence-electron chi connectivity index (χ3n) is 2.25. The summed E-state index contributed by atoms with van der Waals surface area (Å²) in [4.78, 5) is 0. The average Bonchev–Trinajstić information content (AvgIpc) is 2.72. The summed E-state index contributed by atoms with van der Waals surface area (Å²) in [5.74, 6) is 0.0994. The summed E-state index contributed by atoms with van der Waals surface area (Å²) in [7, 11) is 1.78. The Morgan fingerprint density at radius 3 is 2.88 bits per heavy atom. The minimum absolute atomic E-state index is 0.184. The number of halogens is 1. The van der Waals surface area contributed by atoms with Gasteiger partial charge in [0.1, 0.15) is 5.82 Å². The minimum atomic E-state index is -0.349. The highest BCUT2D eigenvalue weighted by Gasteiger charge is 2.10. The Hall–Kier alpha value is -1.95. The van der Waals surface area contributed by atoms with E-state index in [0.717, 1.165) is 5.56 Å². The lowest BCUT2D eigenvalue weighted by molar-refractivity contribution is 0.492. The number of aromatic nitrogens is 2. The topological polar surface area (TPSA) is 63.0 Å². The fraction of sp³-hybridized carbons (Fsp3) is 0.273. The van der Waals surface area contributed by atoms with Crippen molar-refractivity contribution in [3.63, 3.8) is 0 Å². The van der Waals surface area contributed by atoms with Gasteiger partial charge in [0.2, 0.25) is 5.89 Å². The molecule has 2 rings (SSSR count). The summed E-state index contributed by atoms with van der Waals surface area (Å²) in [5.41, 5.74) is 1.13. The molecule has 0 saturated carbocycles. The Morgan fingerprint density at radius 1 is 1.35 bits per heavy atom. The van der Waals surface area contributed by atoms with Gasteiger partial charge >= 0.3 is 6.01 Å². The number of anilines is 2. The molecule has 1 aromatic carbocycles. The molecule has 0 saturated heterocycles. The van der Waals surface area contributed by atoms with Crippen LogP contribution < -0.4 is 10.6 Å². The molecular formula is C11H13FN4O. The number of aryl methyl sites for hydroxylation is 1. The van der Waals surface area contributed by atoms with Crippen molar-refractivity contribution in [3.05, 3.63) is 35.5 Å². The Balaban J connectivity index is 2.19. The quantitative estimate of drug-likeness (QED) is 0.849. The van der Waals surface area contributed by atoms with Gasteiger partial charge in [0.25, 0.3) is 0 Å². The van der Waals surface area contributed by atoms with E-state index in [9.17, 15) is 4.39 Å². The minimum Gasteiger partial charge on any atom is -0.406 e. The summed E-state index contributed by atoms with van der Waals surface area (Å²) in [6, 6.07) is 5.01. The molecule has 2 aromatic rings. The van der Waals surface area contributed by atoms with E-state index in [0.29, 0.717) is 18.1 Å². The van der Waals surface area contributed by atoms with Crippen LogP contribution >= 0.6 is 0 Å². The van der Waals surface area contributed by atoms with Crippen LogP contribution in [0, 0.1) is 12.7 Å². The average molecular weight is 236 g/mol. The highest BCUT2D eigenvalue weighted by Crippen LogP contribution is 2.22. The van der Waals surface area contributed by atoms with Crippen LogP contribution in [0.4, 0.5) is 16.1 Å². The second-order valence-corrected chi connectivity index (χ2v) is 3.59. The SMILES string of the molecule is CNCc1nnc(Nc2c(C)cccc2F)o1. The molecule has 1 heterocycles. The molecule has 0 fully saturated rings. The van der Waals surface area contributed by atoms with Crippen molar-refractivity contribution in [2.24, 2.45) is 0 Å². The van der Waals surface area contributed by atoms with Gasteiger partial charge in [-0.3, -0.25) is 0 Å². The number of hydrogen-bond acceptors (Lipinski definition) is 5. The van der Waals surface area contributed by atoms with Gasteiger partial charge in [-0.25, -0.2) is 4.39 Å². The number of nitrogens with zero attached hydrogens (tertiary/aromatic N) is 2. The highest BCUT2D eigenvalue weighted by molar-refractivity contribution is 5.57. The third kappa shape index (κ3) is 2.59. The van der Waals surface area contributed by atoms with Crippen molar-refractivity contribution in [1.82, 2.24) is 15.5 Å². The number of para-hydroxylation sites is 1. The van der Waals surface area contributed by atoms with Crippen LogP contribution in [-0.4, -0.2) is 17.2 Å². The number of benzene rings is 1. The van der Waals surface area contributed by atoms with E-state index in [-0.39, 0.29) is 11.8 Å². The summed E-state index contributed by atoms with van der Waals surface area (Å²) in [5, 5.41) is 13.2. The molecule has 0 atom stereocenters. The lowest BCUT2D eigenvalue weighted by Gasteiger charge is -2.06. The molecular weight excluding hydrogens is 223 g/mol. The van der Waals surface area contributed by atoms with Crippen molar-refractivity contribution in [2.75, 3.05) is 12.4 Å². The first-order chi connectivity index (χ1) is 8.20. The molecule has 5 nitrogen and oxygen atoms in total. The second kappa shape index (κ2) is 4.92. The maximum atomic E-state index is 13.5. The molecule has 6 heteroatoms. The van der Waals surface area contributed by atoms with Gasteiger partial charge in [0.15, 0.2) is 0 Å². The molecule has 0 aliphatic carbocycles. The number of nitrogens with one attached hydrogen (secondary N) is 2. The predicted molar refractivity (Wildman–Crippen MR) is 61.5 cm³/mol. The molecule has 0 unspecified atom stereocenters. The maximum absolute atomic E-state index is 13.5. The molecule has 0 aliphatic rings. The first kappa shape index (κ1) is 11.5. The third-order valence-corrected chi connectivity index (χ3v) is 2.25. The van der Waals surface area contributed by atoms with E-state index >= 15 is 0 Å². The van der Waals surface area contributed by atoms with Crippen LogP contribution in [0.3, 0.4) is 0 Å². The fourth-order valence-corrected chi connectivity index (χ4v) is 1.42. The van der Waals surface area contributed by atoms with Gasteiger partial charge < -0.3 is 15.1 Å².